The summed E-state index contributed by atoms with van der Waals surface area (Å²) < 4.78 is 5.09. The first-order valence-electron chi connectivity index (χ1n) is 12.5. The average molecular weight is 466 g/mol. The van der Waals surface area contributed by atoms with Crippen LogP contribution in [0.15, 0.2) is 11.6 Å². The van der Waals surface area contributed by atoms with E-state index < -0.39 is 6.04 Å². The van der Waals surface area contributed by atoms with Gasteiger partial charge in [0.2, 0.25) is 11.8 Å². The largest absolute Gasteiger partial charge is 0.463 e. The van der Waals surface area contributed by atoms with Gasteiger partial charge in [0, 0.05) is 25.2 Å². The van der Waals surface area contributed by atoms with Crippen LogP contribution in [0.3, 0.4) is 0 Å². The number of hydrogen-bond acceptors (Lipinski definition) is 5. The highest BCUT2D eigenvalue weighted by Crippen LogP contribution is 2.24. The van der Waals surface area contributed by atoms with Gasteiger partial charge < -0.3 is 15.0 Å². The van der Waals surface area contributed by atoms with Crippen LogP contribution in [0.1, 0.15) is 75.2 Å². The lowest BCUT2D eigenvalue weighted by molar-refractivity contribution is -0.140. The number of nitrogens with zero attached hydrogens (tertiary/aromatic N) is 2. The Morgan fingerprint density at radius 3 is 2.18 bits per heavy atom. The van der Waals surface area contributed by atoms with Crippen molar-refractivity contribution in [2.75, 3.05) is 20.2 Å². The molecule has 1 aliphatic rings. The lowest BCUT2D eigenvalue weighted by atomic mass is 9.91. The van der Waals surface area contributed by atoms with Crippen LogP contribution >= 0.6 is 0 Å². The second-order valence-electron chi connectivity index (χ2n) is 10.5. The van der Waals surface area contributed by atoms with Gasteiger partial charge in [0.05, 0.1) is 18.7 Å². The summed E-state index contributed by atoms with van der Waals surface area (Å²) in [5.41, 5.74) is 0.476. The topological polar surface area (TPSA) is 79.0 Å². The Morgan fingerprint density at radius 2 is 1.70 bits per heavy atom. The van der Waals surface area contributed by atoms with Gasteiger partial charge in [0.15, 0.2) is 0 Å². The van der Waals surface area contributed by atoms with Crippen LogP contribution in [-0.2, 0) is 19.1 Å². The average Bonchev–Trinajstić information content (AvgIpc) is 2.73. The summed E-state index contributed by atoms with van der Waals surface area (Å²) in [5, 5.41) is 3.07. The van der Waals surface area contributed by atoms with E-state index in [1.165, 1.54) is 0 Å². The van der Waals surface area contributed by atoms with E-state index in [1.807, 2.05) is 27.7 Å². The minimum Gasteiger partial charge on any atom is -0.463 e. The number of ether oxygens (including phenoxy) is 1. The molecule has 2 amide bonds. The summed E-state index contributed by atoms with van der Waals surface area (Å²) >= 11 is 0. The molecule has 1 aliphatic heterocycles. The summed E-state index contributed by atoms with van der Waals surface area (Å²) in [7, 11) is 1.74. The second-order valence-corrected chi connectivity index (χ2v) is 10.5. The lowest BCUT2D eigenvalue weighted by Gasteiger charge is -2.41. The Kier molecular flexibility index (Phi) is 11.6. The van der Waals surface area contributed by atoms with Crippen molar-refractivity contribution in [1.29, 1.82) is 0 Å². The van der Waals surface area contributed by atoms with Crippen LogP contribution in [0.2, 0.25) is 0 Å². The molecule has 1 fully saturated rings. The summed E-state index contributed by atoms with van der Waals surface area (Å²) in [6, 6.07) is -0.871. The second kappa shape index (κ2) is 13.1. The number of piperidine rings is 1. The van der Waals surface area contributed by atoms with Gasteiger partial charge >= 0.3 is 5.97 Å². The molecule has 1 N–H and O–H groups in total. The molecule has 0 bridgehead atoms. The maximum atomic E-state index is 13.5. The van der Waals surface area contributed by atoms with Crippen LogP contribution in [0.5, 0.6) is 0 Å². The molecule has 0 spiro atoms. The van der Waals surface area contributed by atoms with E-state index in [1.54, 1.807) is 31.9 Å². The number of nitrogens with one attached hydrogen (secondary N) is 1. The zero-order chi connectivity index (χ0) is 25.5. The molecule has 33 heavy (non-hydrogen) atoms. The van der Waals surface area contributed by atoms with Crippen LogP contribution < -0.4 is 5.32 Å². The third-order valence-electron chi connectivity index (χ3n) is 6.55. The van der Waals surface area contributed by atoms with Crippen molar-refractivity contribution in [2.45, 2.75) is 99.3 Å². The Bertz CT molecular complexity index is 702. The molecule has 0 aromatic rings. The quantitative estimate of drug-likeness (QED) is 0.394. The smallest absolute Gasteiger partial charge is 0.333 e. The molecular weight excluding hydrogens is 418 g/mol. The number of rotatable bonds is 10. The predicted octanol–water partition coefficient (Wildman–Crippen LogP) is 3.63. The van der Waals surface area contributed by atoms with E-state index in [0.717, 1.165) is 19.4 Å². The van der Waals surface area contributed by atoms with Crippen molar-refractivity contribution in [3.63, 3.8) is 0 Å². The molecule has 0 radical (unpaired) electrons. The van der Waals surface area contributed by atoms with Gasteiger partial charge in [-0.25, -0.2) is 4.79 Å². The molecule has 1 unspecified atom stereocenters. The third kappa shape index (κ3) is 8.13. The monoisotopic (exact) mass is 465 g/mol. The number of hydrogen-bond donors (Lipinski definition) is 1. The fraction of sp³-hybridized carbons (Fsp3) is 0.808. The minimum absolute atomic E-state index is 0.0677. The van der Waals surface area contributed by atoms with Crippen molar-refractivity contribution < 1.29 is 19.1 Å². The summed E-state index contributed by atoms with van der Waals surface area (Å²) in [5.74, 6) is -0.0186. The first-order valence-corrected chi connectivity index (χ1v) is 12.5. The van der Waals surface area contributed by atoms with Crippen molar-refractivity contribution in [3.05, 3.63) is 11.6 Å². The molecule has 0 saturated carbocycles. The Hall–Kier alpha value is -1.89. The van der Waals surface area contributed by atoms with Crippen LogP contribution in [0.25, 0.3) is 0 Å². The van der Waals surface area contributed by atoms with E-state index in [9.17, 15) is 14.4 Å². The number of likely N-dealkylation sites (N-methyl/N-ethyl adjacent to an activating group) is 1. The molecule has 7 heteroatoms. The maximum Gasteiger partial charge on any atom is 0.333 e. The van der Waals surface area contributed by atoms with E-state index in [0.29, 0.717) is 18.1 Å². The molecule has 4 atom stereocenters. The number of esters is 1. The van der Waals surface area contributed by atoms with Crippen molar-refractivity contribution in [2.24, 2.45) is 17.8 Å². The number of carbonyl (C=O) groups is 3. The summed E-state index contributed by atoms with van der Waals surface area (Å²) in [6.07, 6.45) is 3.60. The molecule has 1 heterocycles. The number of amides is 2. The van der Waals surface area contributed by atoms with Crippen LogP contribution in [-0.4, -0.2) is 72.0 Å². The van der Waals surface area contributed by atoms with E-state index >= 15 is 0 Å². The summed E-state index contributed by atoms with van der Waals surface area (Å²) in [4.78, 5) is 42.9. The normalized spacial score (nSPS) is 21.8. The Morgan fingerprint density at radius 1 is 1.09 bits per heavy atom. The van der Waals surface area contributed by atoms with E-state index in [2.05, 4.69) is 31.0 Å². The Labute approximate surface area is 201 Å². The molecule has 0 aromatic carbocycles. The molecular formula is C26H47N3O4. The first kappa shape index (κ1) is 29.1. The zero-order valence-corrected chi connectivity index (χ0v) is 22.5. The Balaban J connectivity index is 3.07. The molecule has 190 valence electrons. The van der Waals surface area contributed by atoms with Gasteiger partial charge in [-0.05, 0) is 58.3 Å². The summed E-state index contributed by atoms with van der Waals surface area (Å²) in [6.45, 7) is 19.0. The molecule has 7 nitrogen and oxygen atoms in total. The standard InChI is InChI=1S/C26H47N3O4/c1-11-33-26(32)20(9)14-22(16(2)3)28(10)25(31)23(17(4)5)27-24(30)21-13-12-19(8)15-29(21)18(6)7/h14,16-19,21-23H,11-13,15H2,1-10H3,(H,27,30)/t19-,21?,22-,23+/m1/s1. The molecule has 1 rings (SSSR count). The van der Waals surface area contributed by atoms with Gasteiger partial charge in [0.25, 0.3) is 0 Å². The highest BCUT2D eigenvalue weighted by Gasteiger charge is 2.37. The highest BCUT2D eigenvalue weighted by molar-refractivity contribution is 5.91. The highest BCUT2D eigenvalue weighted by atomic mass is 16.5. The van der Waals surface area contributed by atoms with Gasteiger partial charge in [-0.15, -0.1) is 0 Å². The van der Waals surface area contributed by atoms with Crippen molar-refractivity contribution >= 4 is 17.8 Å². The number of carbonyl (C=O) groups excluding carboxylic acids is 3. The van der Waals surface area contributed by atoms with E-state index in [4.69, 9.17) is 4.74 Å². The first-order chi connectivity index (χ1) is 15.3. The molecule has 1 saturated heterocycles. The molecule has 0 aliphatic carbocycles. The van der Waals surface area contributed by atoms with Crippen LogP contribution in [0.4, 0.5) is 0 Å². The lowest BCUT2D eigenvalue weighted by Crippen LogP contribution is -2.59. The maximum absolute atomic E-state index is 13.5. The van der Waals surface area contributed by atoms with Gasteiger partial charge in [-0.1, -0.05) is 40.7 Å². The fourth-order valence-corrected chi connectivity index (χ4v) is 4.49. The van der Waals surface area contributed by atoms with Crippen molar-refractivity contribution in [3.8, 4) is 0 Å². The van der Waals surface area contributed by atoms with Gasteiger partial charge in [-0.2, -0.15) is 0 Å². The predicted molar refractivity (Wildman–Crippen MR) is 133 cm³/mol. The van der Waals surface area contributed by atoms with Crippen LogP contribution in [0, 0.1) is 17.8 Å². The van der Waals surface area contributed by atoms with Gasteiger partial charge in [-0.3, -0.25) is 14.5 Å². The molecule has 0 aromatic heterocycles. The number of likely N-dealkylation sites (tertiary alicyclic amines) is 1. The minimum atomic E-state index is -0.631. The third-order valence-corrected chi connectivity index (χ3v) is 6.55. The SMILES string of the molecule is CCOC(=O)C(C)=C[C@H](C(C)C)N(C)C(=O)[C@@H](NC(=O)C1CC[C@@H](C)CN1C(C)C)C(C)C. The van der Waals surface area contributed by atoms with Crippen molar-refractivity contribution in [1.82, 2.24) is 15.1 Å². The van der Waals surface area contributed by atoms with E-state index in [-0.39, 0.29) is 47.7 Å². The van der Waals surface area contributed by atoms with Gasteiger partial charge in [0.1, 0.15) is 6.04 Å². The zero-order valence-electron chi connectivity index (χ0n) is 22.5. The fourth-order valence-electron chi connectivity index (χ4n) is 4.49.